The zero-order valence-electron chi connectivity index (χ0n) is 12.8. The summed E-state index contributed by atoms with van der Waals surface area (Å²) in [6.45, 7) is 6.12. The fourth-order valence-electron chi connectivity index (χ4n) is 1.58. The van der Waals surface area contributed by atoms with E-state index in [4.69, 9.17) is 9.47 Å². The quantitative estimate of drug-likeness (QED) is 0.683. The molecule has 120 valence electrons. The molecule has 0 aliphatic rings. The molecule has 1 rings (SSSR count). The summed E-state index contributed by atoms with van der Waals surface area (Å²) in [6.07, 6.45) is 0. The number of hydrogen-bond donors (Lipinski definition) is 2. The number of carbonyl (C=O) groups excluding carboxylic acids is 1. The van der Waals surface area contributed by atoms with E-state index >= 15 is 0 Å². The Morgan fingerprint density at radius 3 is 2.67 bits per heavy atom. The lowest BCUT2D eigenvalue weighted by atomic mass is 10.2. The molecule has 1 atom stereocenters. The molecule has 0 aromatic heterocycles. The highest BCUT2D eigenvalue weighted by Crippen LogP contribution is 2.17. The number of nitrogens with one attached hydrogen (secondary N) is 2. The van der Waals surface area contributed by atoms with Gasteiger partial charge in [0, 0.05) is 19.2 Å². The Kier molecular flexibility index (Phi) is 10.7. The largest absolute Gasteiger partial charge is 0.490 e. The van der Waals surface area contributed by atoms with Crippen LogP contribution in [-0.2, 0) is 4.74 Å². The molecule has 0 heterocycles. The van der Waals surface area contributed by atoms with Gasteiger partial charge in [0.2, 0.25) is 0 Å². The third-order valence-corrected chi connectivity index (χ3v) is 2.88. The maximum absolute atomic E-state index is 12.1. The van der Waals surface area contributed by atoms with Gasteiger partial charge in [-0.3, -0.25) is 4.79 Å². The summed E-state index contributed by atoms with van der Waals surface area (Å²) in [7, 11) is 1.86. The van der Waals surface area contributed by atoms with Crippen molar-refractivity contribution in [1.29, 1.82) is 0 Å². The second kappa shape index (κ2) is 11.4. The molecule has 0 saturated carbocycles. The SMILES string of the molecule is CCOCCOc1ccccc1C(=O)NCC(C)NC.Cl. The van der Waals surface area contributed by atoms with Gasteiger partial charge in [0.25, 0.3) is 5.91 Å². The third-order valence-electron chi connectivity index (χ3n) is 2.88. The molecule has 2 N–H and O–H groups in total. The number of carbonyl (C=O) groups is 1. The van der Waals surface area contributed by atoms with Gasteiger partial charge < -0.3 is 20.1 Å². The molecule has 0 radical (unpaired) electrons. The zero-order chi connectivity index (χ0) is 14.8. The van der Waals surface area contributed by atoms with Crippen molar-refractivity contribution < 1.29 is 14.3 Å². The maximum Gasteiger partial charge on any atom is 0.255 e. The lowest BCUT2D eigenvalue weighted by Gasteiger charge is -2.14. The van der Waals surface area contributed by atoms with Crippen LogP contribution in [0.3, 0.4) is 0 Å². The predicted octanol–water partition coefficient (Wildman–Crippen LogP) is 1.86. The lowest BCUT2D eigenvalue weighted by molar-refractivity contribution is 0.0933. The summed E-state index contributed by atoms with van der Waals surface area (Å²) in [5.41, 5.74) is 0.548. The molecule has 1 unspecified atom stereocenters. The molecule has 0 bridgehead atoms. The Balaban J connectivity index is 0.00000400. The van der Waals surface area contributed by atoms with E-state index in [9.17, 15) is 4.79 Å². The van der Waals surface area contributed by atoms with E-state index in [2.05, 4.69) is 10.6 Å². The molecule has 1 aromatic carbocycles. The lowest BCUT2D eigenvalue weighted by Crippen LogP contribution is -2.37. The van der Waals surface area contributed by atoms with Crippen LogP contribution in [-0.4, -0.2) is 45.4 Å². The third kappa shape index (κ3) is 7.32. The van der Waals surface area contributed by atoms with Crippen molar-refractivity contribution in [3.8, 4) is 5.75 Å². The Labute approximate surface area is 132 Å². The normalized spacial score (nSPS) is 11.4. The van der Waals surface area contributed by atoms with Crippen molar-refractivity contribution in [3.63, 3.8) is 0 Å². The Morgan fingerprint density at radius 1 is 1.29 bits per heavy atom. The summed E-state index contributed by atoms with van der Waals surface area (Å²) in [6, 6.07) is 7.46. The predicted molar refractivity (Wildman–Crippen MR) is 86.5 cm³/mol. The van der Waals surface area contributed by atoms with E-state index in [1.807, 2.05) is 33.0 Å². The van der Waals surface area contributed by atoms with Crippen LogP contribution in [0.25, 0.3) is 0 Å². The standard InChI is InChI=1S/C15H24N2O3.ClH/c1-4-19-9-10-20-14-8-6-5-7-13(14)15(18)17-11-12(2)16-3;/h5-8,12,16H,4,9-11H2,1-3H3,(H,17,18);1H. The number of likely N-dealkylation sites (N-methyl/N-ethyl adjacent to an activating group) is 1. The second-order valence-electron chi connectivity index (χ2n) is 4.44. The van der Waals surface area contributed by atoms with Crippen LogP contribution in [0.15, 0.2) is 24.3 Å². The molecule has 6 heteroatoms. The van der Waals surface area contributed by atoms with E-state index in [-0.39, 0.29) is 24.4 Å². The Morgan fingerprint density at radius 2 is 2.00 bits per heavy atom. The number of amides is 1. The first-order chi connectivity index (χ1) is 9.69. The molecular weight excluding hydrogens is 292 g/mol. The van der Waals surface area contributed by atoms with Gasteiger partial charge in [0.05, 0.1) is 12.2 Å². The van der Waals surface area contributed by atoms with Crippen LogP contribution in [0.1, 0.15) is 24.2 Å². The van der Waals surface area contributed by atoms with E-state index in [0.29, 0.717) is 37.7 Å². The Hall–Kier alpha value is -1.30. The summed E-state index contributed by atoms with van der Waals surface area (Å²) in [4.78, 5) is 12.1. The summed E-state index contributed by atoms with van der Waals surface area (Å²) >= 11 is 0. The van der Waals surface area contributed by atoms with Crippen LogP contribution in [0.5, 0.6) is 5.75 Å². The van der Waals surface area contributed by atoms with Gasteiger partial charge in [0.1, 0.15) is 12.4 Å². The van der Waals surface area contributed by atoms with Gasteiger partial charge in [-0.2, -0.15) is 0 Å². The molecule has 0 spiro atoms. The van der Waals surface area contributed by atoms with E-state index in [1.54, 1.807) is 12.1 Å². The maximum atomic E-state index is 12.1. The molecule has 5 nitrogen and oxygen atoms in total. The highest BCUT2D eigenvalue weighted by Gasteiger charge is 2.12. The van der Waals surface area contributed by atoms with Crippen LogP contribution in [0, 0.1) is 0 Å². The monoisotopic (exact) mass is 316 g/mol. The first-order valence-electron chi connectivity index (χ1n) is 6.94. The van der Waals surface area contributed by atoms with Crippen molar-refractivity contribution >= 4 is 18.3 Å². The topological polar surface area (TPSA) is 59.6 Å². The van der Waals surface area contributed by atoms with Gasteiger partial charge in [-0.1, -0.05) is 12.1 Å². The minimum Gasteiger partial charge on any atom is -0.490 e. The summed E-state index contributed by atoms with van der Waals surface area (Å²) in [5, 5.41) is 5.95. The Bertz CT molecular complexity index is 416. The first-order valence-corrected chi connectivity index (χ1v) is 6.94. The molecule has 21 heavy (non-hydrogen) atoms. The number of ether oxygens (including phenoxy) is 2. The minimum absolute atomic E-state index is 0. The van der Waals surface area contributed by atoms with E-state index < -0.39 is 0 Å². The van der Waals surface area contributed by atoms with Crippen LogP contribution < -0.4 is 15.4 Å². The summed E-state index contributed by atoms with van der Waals surface area (Å²) < 4.78 is 10.8. The highest BCUT2D eigenvalue weighted by atomic mass is 35.5. The van der Waals surface area contributed by atoms with Gasteiger partial charge in [-0.15, -0.1) is 12.4 Å². The van der Waals surface area contributed by atoms with Gasteiger partial charge in [0.15, 0.2) is 0 Å². The minimum atomic E-state index is -0.126. The van der Waals surface area contributed by atoms with Crippen LogP contribution in [0.2, 0.25) is 0 Å². The molecule has 0 aliphatic carbocycles. The molecule has 0 saturated heterocycles. The van der Waals surface area contributed by atoms with Gasteiger partial charge in [-0.05, 0) is 33.0 Å². The van der Waals surface area contributed by atoms with Gasteiger partial charge >= 0.3 is 0 Å². The van der Waals surface area contributed by atoms with E-state index in [1.165, 1.54) is 0 Å². The number of benzene rings is 1. The van der Waals surface area contributed by atoms with Crippen molar-refractivity contribution in [3.05, 3.63) is 29.8 Å². The fraction of sp³-hybridized carbons (Fsp3) is 0.533. The molecular formula is C15H25ClN2O3. The van der Waals surface area contributed by atoms with Crippen molar-refractivity contribution in [2.75, 3.05) is 33.4 Å². The van der Waals surface area contributed by atoms with Crippen molar-refractivity contribution in [2.45, 2.75) is 19.9 Å². The fourth-order valence-corrected chi connectivity index (χ4v) is 1.58. The van der Waals surface area contributed by atoms with Gasteiger partial charge in [-0.25, -0.2) is 0 Å². The summed E-state index contributed by atoms with van der Waals surface area (Å²) in [5.74, 6) is 0.459. The number of rotatable bonds is 9. The van der Waals surface area contributed by atoms with Crippen LogP contribution >= 0.6 is 12.4 Å². The van der Waals surface area contributed by atoms with E-state index in [0.717, 1.165) is 0 Å². The molecule has 1 amide bonds. The zero-order valence-corrected chi connectivity index (χ0v) is 13.7. The van der Waals surface area contributed by atoms with Crippen molar-refractivity contribution in [2.24, 2.45) is 0 Å². The smallest absolute Gasteiger partial charge is 0.255 e. The molecule has 0 aliphatic heterocycles. The van der Waals surface area contributed by atoms with Crippen molar-refractivity contribution in [1.82, 2.24) is 10.6 Å². The average Bonchev–Trinajstić information content (AvgIpc) is 2.49. The number of halogens is 1. The number of hydrogen-bond acceptors (Lipinski definition) is 4. The average molecular weight is 317 g/mol. The highest BCUT2D eigenvalue weighted by molar-refractivity contribution is 5.96. The molecule has 0 fully saturated rings. The molecule has 1 aromatic rings. The first kappa shape index (κ1) is 19.7. The number of para-hydroxylation sites is 1. The second-order valence-corrected chi connectivity index (χ2v) is 4.44. The van der Waals surface area contributed by atoms with Crippen LogP contribution in [0.4, 0.5) is 0 Å².